The summed E-state index contributed by atoms with van der Waals surface area (Å²) in [6, 6.07) is 26.8. The van der Waals surface area contributed by atoms with Crippen LogP contribution in [-0.4, -0.2) is 33.0 Å². The van der Waals surface area contributed by atoms with Crippen LogP contribution in [0.2, 0.25) is 5.02 Å². The summed E-state index contributed by atoms with van der Waals surface area (Å²) in [7, 11) is 0. The van der Waals surface area contributed by atoms with E-state index < -0.39 is 11.8 Å². The molecule has 1 aromatic heterocycles. The Morgan fingerprint density at radius 2 is 1.67 bits per heavy atom. The van der Waals surface area contributed by atoms with Crippen LogP contribution in [0.3, 0.4) is 0 Å². The van der Waals surface area contributed by atoms with Crippen molar-refractivity contribution in [1.29, 1.82) is 5.26 Å². The molecule has 8 heteroatoms. The van der Waals surface area contributed by atoms with Crippen molar-refractivity contribution in [3.05, 3.63) is 118 Å². The van der Waals surface area contributed by atoms with E-state index in [1.165, 1.54) is 4.90 Å². The van der Waals surface area contributed by atoms with E-state index in [0.29, 0.717) is 46.2 Å². The molecule has 5 rings (SSSR count). The van der Waals surface area contributed by atoms with Gasteiger partial charge in [0.15, 0.2) is 0 Å². The zero-order chi connectivity index (χ0) is 30.3. The van der Waals surface area contributed by atoms with Crippen LogP contribution in [0.15, 0.2) is 102 Å². The van der Waals surface area contributed by atoms with Crippen molar-refractivity contribution in [1.82, 2.24) is 14.7 Å². The molecule has 0 aliphatic carbocycles. The van der Waals surface area contributed by atoms with Crippen molar-refractivity contribution in [2.45, 2.75) is 39.7 Å². The number of nitriles is 1. The van der Waals surface area contributed by atoms with E-state index in [2.05, 4.69) is 6.92 Å². The first-order valence-electron chi connectivity index (χ1n) is 14.2. The third kappa shape index (κ3) is 6.61. The monoisotopic (exact) mass is 590 g/mol. The van der Waals surface area contributed by atoms with E-state index in [1.54, 1.807) is 17.7 Å². The van der Waals surface area contributed by atoms with Crippen LogP contribution in [0.1, 0.15) is 44.2 Å². The number of nitrogens with zero attached hydrogens (tertiary/aromatic N) is 4. The summed E-state index contributed by atoms with van der Waals surface area (Å²) in [6.45, 7) is 4.38. The number of amides is 2. The predicted octanol–water partition coefficient (Wildman–Crippen LogP) is 7.55. The molecule has 0 N–H and O–H groups in total. The van der Waals surface area contributed by atoms with Crippen LogP contribution < -0.4 is 4.74 Å². The number of carbonyl (C=O) groups excluding carboxylic acids is 2. The molecular formula is C35H31ClN4O3. The molecule has 0 fully saturated rings. The highest BCUT2D eigenvalue weighted by atomic mass is 35.5. The van der Waals surface area contributed by atoms with E-state index in [0.717, 1.165) is 29.7 Å². The van der Waals surface area contributed by atoms with Gasteiger partial charge >= 0.3 is 0 Å². The number of ether oxygens (including phenoxy) is 1. The lowest BCUT2D eigenvalue weighted by atomic mass is 9.93. The second kappa shape index (κ2) is 13.4. The number of halogens is 1. The molecule has 0 saturated carbocycles. The van der Waals surface area contributed by atoms with Gasteiger partial charge in [-0.25, -0.2) is 4.68 Å². The van der Waals surface area contributed by atoms with Gasteiger partial charge in [0.1, 0.15) is 24.0 Å². The van der Waals surface area contributed by atoms with Gasteiger partial charge in [0, 0.05) is 34.5 Å². The molecule has 2 heterocycles. The van der Waals surface area contributed by atoms with Crippen LogP contribution in [0.5, 0.6) is 5.75 Å². The lowest BCUT2D eigenvalue weighted by molar-refractivity contribution is -0.140. The van der Waals surface area contributed by atoms with Gasteiger partial charge in [0.25, 0.3) is 11.8 Å². The van der Waals surface area contributed by atoms with E-state index >= 15 is 0 Å². The normalized spacial score (nSPS) is 14.4. The zero-order valence-electron chi connectivity index (χ0n) is 24.1. The highest BCUT2D eigenvalue weighted by Gasteiger charge is 2.35. The molecule has 7 nitrogen and oxygen atoms in total. The molecule has 3 aromatic carbocycles. The molecule has 216 valence electrons. The third-order valence-electron chi connectivity index (χ3n) is 7.32. The maximum Gasteiger partial charge on any atom is 0.271 e. The molecule has 0 spiro atoms. The van der Waals surface area contributed by atoms with Gasteiger partial charge in [0.2, 0.25) is 0 Å². The number of hydrogen-bond donors (Lipinski definition) is 0. The quantitative estimate of drug-likeness (QED) is 0.108. The van der Waals surface area contributed by atoms with Crippen LogP contribution in [0.4, 0.5) is 0 Å². The van der Waals surface area contributed by atoms with E-state index in [-0.39, 0.29) is 12.1 Å². The van der Waals surface area contributed by atoms with Gasteiger partial charge in [-0.15, -0.1) is 0 Å². The molecule has 0 radical (unpaired) electrons. The second-order valence-corrected chi connectivity index (χ2v) is 10.7. The standard InChI is InChI=1S/C35H31ClN4O3/c1-3-4-8-19-39-34(41)31(24(2)32(21-37)35(39)42)20-27-22-40(29-9-6-5-7-10-29)38-33(27)26-13-17-30(18-14-26)43-23-25-11-15-28(36)16-12-25/h5-7,9-18,20,22H,3-4,8,19,23H2,1-2H3. The zero-order valence-corrected chi connectivity index (χ0v) is 24.8. The number of hydrogen-bond acceptors (Lipinski definition) is 5. The maximum atomic E-state index is 13.6. The Labute approximate surface area is 256 Å². The highest BCUT2D eigenvalue weighted by Crippen LogP contribution is 2.32. The Morgan fingerprint density at radius 1 is 0.953 bits per heavy atom. The molecule has 43 heavy (non-hydrogen) atoms. The summed E-state index contributed by atoms with van der Waals surface area (Å²) in [5.41, 5.74) is 4.67. The van der Waals surface area contributed by atoms with Gasteiger partial charge in [-0.2, -0.15) is 10.4 Å². The average Bonchev–Trinajstić information content (AvgIpc) is 3.45. The van der Waals surface area contributed by atoms with Gasteiger partial charge in [-0.05, 0) is 79.1 Å². The lowest BCUT2D eigenvalue weighted by Crippen LogP contribution is -2.43. The fourth-order valence-electron chi connectivity index (χ4n) is 4.89. The van der Waals surface area contributed by atoms with Crippen LogP contribution >= 0.6 is 11.6 Å². The minimum absolute atomic E-state index is 0.0125. The topological polar surface area (TPSA) is 88.2 Å². The molecule has 4 aromatic rings. The fraction of sp³-hybridized carbons (Fsp3) is 0.200. The van der Waals surface area contributed by atoms with Crippen LogP contribution in [0.25, 0.3) is 23.0 Å². The smallest absolute Gasteiger partial charge is 0.271 e. The summed E-state index contributed by atoms with van der Waals surface area (Å²) in [5, 5.41) is 15.4. The first-order chi connectivity index (χ1) is 20.9. The number of benzene rings is 3. The van der Waals surface area contributed by atoms with Crippen LogP contribution in [-0.2, 0) is 16.2 Å². The van der Waals surface area contributed by atoms with Gasteiger partial charge in [-0.3, -0.25) is 14.5 Å². The Bertz CT molecular complexity index is 1730. The summed E-state index contributed by atoms with van der Waals surface area (Å²) < 4.78 is 7.72. The molecule has 2 amide bonds. The van der Waals surface area contributed by atoms with Crippen molar-refractivity contribution in [3.63, 3.8) is 0 Å². The number of carbonyl (C=O) groups is 2. The first-order valence-corrected chi connectivity index (χ1v) is 14.6. The summed E-state index contributed by atoms with van der Waals surface area (Å²) in [4.78, 5) is 27.8. The first kappa shape index (κ1) is 29.6. The third-order valence-corrected chi connectivity index (χ3v) is 7.57. The van der Waals surface area contributed by atoms with Gasteiger partial charge in [0.05, 0.1) is 11.4 Å². The lowest BCUT2D eigenvalue weighted by Gasteiger charge is -2.27. The number of para-hydroxylation sites is 1. The molecular weight excluding hydrogens is 560 g/mol. The van der Waals surface area contributed by atoms with Crippen LogP contribution in [0, 0.1) is 11.3 Å². The number of imide groups is 1. The summed E-state index contributed by atoms with van der Waals surface area (Å²) in [5.74, 6) is -0.239. The molecule has 1 aliphatic heterocycles. The molecule has 0 bridgehead atoms. The van der Waals surface area contributed by atoms with Crippen molar-refractivity contribution < 1.29 is 14.3 Å². The Kier molecular flexibility index (Phi) is 9.19. The Morgan fingerprint density at radius 3 is 2.35 bits per heavy atom. The van der Waals surface area contributed by atoms with Crippen molar-refractivity contribution in [3.8, 4) is 28.8 Å². The Balaban J connectivity index is 1.52. The molecule has 1 aliphatic rings. The predicted molar refractivity (Wildman–Crippen MR) is 167 cm³/mol. The number of rotatable bonds is 10. The minimum atomic E-state index is -0.535. The summed E-state index contributed by atoms with van der Waals surface area (Å²) >= 11 is 5.98. The average molecular weight is 591 g/mol. The second-order valence-electron chi connectivity index (χ2n) is 10.3. The molecule has 0 atom stereocenters. The van der Waals surface area contributed by atoms with Crippen molar-refractivity contribution in [2.75, 3.05) is 6.54 Å². The summed E-state index contributed by atoms with van der Waals surface area (Å²) in [6.07, 6.45) is 6.11. The van der Waals surface area contributed by atoms with Gasteiger partial charge < -0.3 is 4.74 Å². The SMILES string of the molecule is CCCCCN1C(=O)C(=Cc2cn(-c3ccccc3)nc2-c2ccc(OCc3ccc(Cl)cc3)cc2)C(C)=C(C#N)C1=O. The van der Waals surface area contributed by atoms with E-state index in [4.69, 9.17) is 21.4 Å². The maximum absolute atomic E-state index is 13.6. The largest absolute Gasteiger partial charge is 0.489 e. The fourth-order valence-corrected chi connectivity index (χ4v) is 5.02. The van der Waals surface area contributed by atoms with Crippen molar-refractivity contribution in [2.24, 2.45) is 0 Å². The van der Waals surface area contributed by atoms with Crippen molar-refractivity contribution >= 4 is 29.5 Å². The molecule has 0 unspecified atom stereocenters. The minimum Gasteiger partial charge on any atom is -0.489 e. The molecule has 0 saturated heterocycles. The van der Waals surface area contributed by atoms with E-state index in [9.17, 15) is 14.9 Å². The Hall–Kier alpha value is -4.93. The number of aromatic nitrogens is 2. The van der Waals surface area contributed by atoms with Gasteiger partial charge in [-0.1, -0.05) is 61.7 Å². The highest BCUT2D eigenvalue weighted by molar-refractivity contribution is 6.30. The number of unbranched alkanes of at least 4 members (excludes halogenated alkanes) is 2. The van der Waals surface area contributed by atoms with E-state index in [1.807, 2.05) is 91.1 Å².